The molecule has 2 N–H and O–H groups in total. The van der Waals surface area contributed by atoms with Crippen molar-refractivity contribution in [1.82, 2.24) is 9.97 Å². The van der Waals surface area contributed by atoms with Crippen LogP contribution in [0.15, 0.2) is 66.7 Å². The molecule has 3 aromatic carbocycles. The van der Waals surface area contributed by atoms with Crippen LogP contribution in [0.2, 0.25) is 0 Å². The van der Waals surface area contributed by atoms with E-state index in [1.54, 1.807) is 30.0 Å². The predicted molar refractivity (Wildman–Crippen MR) is 117 cm³/mol. The van der Waals surface area contributed by atoms with Crippen LogP contribution >= 0.6 is 11.8 Å². The standard InChI is InChI=1S/C23H19N3O2S/c1-14-9-10-18-19(11-14)25-22(24-18)17-7-2-3-8-20(17)26-21(28)13-29-23(26)15-5-4-6-16(27)12-15/h2-12,23,27H,13H2,1H3,(H,24,25). The summed E-state index contributed by atoms with van der Waals surface area (Å²) >= 11 is 1.56. The van der Waals surface area contributed by atoms with E-state index in [4.69, 9.17) is 4.98 Å². The van der Waals surface area contributed by atoms with Gasteiger partial charge in [0.1, 0.15) is 16.9 Å². The van der Waals surface area contributed by atoms with Gasteiger partial charge in [0.15, 0.2) is 0 Å². The predicted octanol–water partition coefficient (Wildman–Crippen LogP) is 5.02. The molecule has 5 nitrogen and oxygen atoms in total. The molecule has 1 aromatic heterocycles. The third-order valence-corrected chi connectivity index (χ3v) is 6.29. The van der Waals surface area contributed by atoms with Crippen molar-refractivity contribution in [2.45, 2.75) is 12.3 Å². The lowest BCUT2D eigenvalue weighted by molar-refractivity contribution is -0.115. The molecule has 5 rings (SSSR count). The second kappa shape index (κ2) is 6.97. The minimum Gasteiger partial charge on any atom is -0.508 e. The zero-order chi connectivity index (χ0) is 20.0. The van der Waals surface area contributed by atoms with Crippen molar-refractivity contribution in [3.05, 3.63) is 77.9 Å². The van der Waals surface area contributed by atoms with Gasteiger partial charge in [-0.05, 0) is 54.4 Å². The molecule has 6 heteroatoms. The highest BCUT2D eigenvalue weighted by atomic mass is 32.2. The van der Waals surface area contributed by atoms with Gasteiger partial charge in [-0.3, -0.25) is 9.69 Å². The molecule has 0 spiro atoms. The van der Waals surface area contributed by atoms with E-state index < -0.39 is 0 Å². The average Bonchev–Trinajstić information content (AvgIpc) is 3.31. The van der Waals surface area contributed by atoms with Gasteiger partial charge in [0.25, 0.3) is 0 Å². The highest BCUT2D eigenvalue weighted by Crippen LogP contribution is 2.45. The molecule has 0 bridgehead atoms. The van der Waals surface area contributed by atoms with E-state index in [0.717, 1.165) is 39.2 Å². The van der Waals surface area contributed by atoms with Crippen molar-refractivity contribution in [2.75, 3.05) is 10.7 Å². The fourth-order valence-corrected chi connectivity index (χ4v) is 4.90. The molecule has 1 aliphatic rings. The molecule has 144 valence electrons. The Kier molecular flexibility index (Phi) is 4.28. The maximum absolute atomic E-state index is 12.9. The number of nitrogens with one attached hydrogen (secondary N) is 1. The number of hydrogen-bond acceptors (Lipinski definition) is 4. The molecule has 1 atom stereocenters. The molecule has 0 aliphatic carbocycles. The van der Waals surface area contributed by atoms with Crippen molar-refractivity contribution in [3.63, 3.8) is 0 Å². The number of nitrogens with zero attached hydrogens (tertiary/aromatic N) is 2. The topological polar surface area (TPSA) is 69.2 Å². The first kappa shape index (κ1) is 17.8. The quantitative estimate of drug-likeness (QED) is 0.506. The van der Waals surface area contributed by atoms with E-state index in [2.05, 4.69) is 11.1 Å². The molecule has 2 heterocycles. The smallest absolute Gasteiger partial charge is 0.238 e. The maximum atomic E-state index is 12.9. The van der Waals surface area contributed by atoms with Gasteiger partial charge in [0.05, 0.1) is 22.5 Å². The Morgan fingerprint density at radius 1 is 1.10 bits per heavy atom. The summed E-state index contributed by atoms with van der Waals surface area (Å²) in [6.45, 7) is 2.05. The summed E-state index contributed by atoms with van der Waals surface area (Å²) in [5.41, 5.74) is 5.62. The van der Waals surface area contributed by atoms with Crippen LogP contribution in [0.25, 0.3) is 22.4 Å². The van der Waals surface area contributed by atoms with Crippen LogP contribution in [-0.2, 0) is 4.79 Å². The Bertz CT molecular complexity index is 1230. The molecule has 1 fully saturated rings. The van der Waals surface area contributed by atoms with E-state index in [9.17, 15) is 9.90 Å². The Morgan fingerprint density at radius 2 is 1.97 bits per heavy atom. The largest absolute Gasteiger partial charge is 0.508 e. The number of carbonyl (C=O) groups excluding carboxylic acids is 1. The Balaban J connectivity index is 1.63. The number of phenolic OH excluding ortho intramolecular Hbond substituents is 1. The Labute approximate surface area is 172 Å². The number of anilines is 1. The minimum atomic E-state index is -0.192. The lowest BCUT2D eigenvalue weighted by Gasteiger charge is -2.26. The second-order valence-electron chi connectivity index (χ2n) is 7.15. The normalized spacial score (nSPS) is 16.7. The summed E-state index contributed by atoms with van der Waals surface area (Å²) in [4.78, 5) is 22.8. The monoisotopic (exact) mass is 401 g/mol. The number of para-hydroxylation sites is 1. The van der Waals surface area contributed by atoms with E-state index in [1.165, 1.54) is 0 Å². The molecule has 1 saturated heterocycles. The SMILES string of the molecule is Cc1ccc2nc(-c3ccccc3N3C(=O)CSC3c3cccc(O)c3)[nH]c2c1. The van der Waals surface area contributed by atoms with Gasteiger partial charge in [-0.15, -0.1) is 11.8 Å². The molecule has 1 unspecified atom stereocenters. The average molecular weight is 401 g/mol. The molecule has 1 amide bonds. The van der Waals surface area contributed by atoms with Crippen LogP contribution in [0.3, 0.4) is 0 Å². The number of aromatic amines is 1. The molecule has 0 radical (unpaired) electrons. The van der Waals surface area contributed by atoms with Gasteiger partial charge >= 0.3 is 0 Å². The molecular weight excluding hydrogens is 382 g/mol. The summed E-state index contributed by atoms with van der Waals surface area (Å²) in [7, 11) is 0. The number of imidazole rings is 1. The van der Waals surface area contributed by atoms with E-state index in [1.807, 2.05) is 54.3 Å². The number of aromatic nitrogens is 2. The van der Waals surface area contributed by atoms with Crippen molar-refractivity contribution in [2.24, 2.45) is 0 Å². The third-order valence-electron chi connectivity index (χ3n) is 5.08. The number of H-pyrrole nitrogens is 1. The van der Waals surface area contributed by atoms with Crippen molar-refractivity contribution >= 4 is 34.4 Å². The van der Waals surface area contributed by atoms with E-state index >= 15 is 0 Å². The van der Waals surface area contributed by atoms with Crippen molar-refractivity contribution in [1.29, 1.82) is 0 Å². The number of carbonyl (C=O) groups is 1. The van der Waals surface area contributed by atoms with Crippen LogP contribution in [0.1, 0.15) is 16.5 Å². The van der Waals surface area contributed by atoms with Gasteiger partial charge < -0.3 is 10.1 Å². The number of amides is 1. The number of benzene rings is 3. The number of hydrogen-bond donors (Lipinski definition) is 2. The second-order valence-corrected chi connectivity index (χ2v) is 8.21. The number of phenols is 1. The number of aryl methyl sites for hydroxylation is 1. The van der Waals surface area contributed by atoms with Crippen molar-refractivity contribution < 1.29 is 9.90 Å². The Hall–Kier alpha value is -3.25. The van der Waals surface area contributed by atoms with Gasteiger partial charge in [-0.2, -0.15) is 0 Å². The molecular formula is C23H19N3O2S. The van der Waals surface area contributed by atoms with Gasteiger partial charge in [-0.1, -0.05) is 30.3 Å². The summed E-state index contributed by atoms with van der Waals surface area (Å²) < 4.78 is 0. The van der Waals surface area contributed by atoms with E-state index in [0.29, 0.717) is 5.75 Å². The van der Waals surface area contributed by atoms with Gasteiger partial charge in [0.2, 0.25) is 5.91 Å². The van der Waals surface area contributed by atoms with Crippen LogP contribution in [0.4, 0.5) is 5.69 Å². The van der Waals surface area contributed by atoms with Crippen LogP contribution in [-0.4, -0.2) is 26.7 Å². The highest BCUT2D eigenvalue weighted by Gasteiger charge is 2.35. The number of fused-ring (bicyclic) bond motifs is 1. The summed E-state index contributed by atoms with van der Waals surface area (Å²) in [5.74, 6) is 1.38. The highest BCUT2D eigenvalue weighted by molar-refractivity contribution is 8.00. The summed E-state index contributed by atoms with van der Waals surface area (Å²) in [6.07, 6.45) is 0. The van der Waals surface area contributed by atoms with Crippen LogP contribution < -0.4 is 4.90 Å². The summed E-state index contributed by atoms with van der Waals surface area (Å²) in [5, 5.41) is 9.71. The fourth-order valence-electron chi connectivity index (χ4n) is 3.74. The summed E-state index contributed by atoms with van der Waals surface area (Å²) in [6, 6.07) is 21.0. The van der Waals surface area contributed by atoms with Gasteiger partial charge in [0, 0.05) is 5.56 Å². The number of aromatic hydroxyl groups is 1. The van der Waals surface area contributed by atoms with Gasteiger partial charge in [-0.25, -0.2) is 4.98 Å². The van der Waals surface area contributed by atoms with Crippen molar-refractivity contribution in [3.8, 4) is 17.1 Å². The lowest BCUT2D eigenvalue weighted by Crippen LogP contribution is -2.28. The minimum absolute atomic E-state index is 0.0442. The third kappa shape index (κ3) is 3.15. The lowest BCUT2D eigenvalue weighted by atomic mass is 10.1. The maximum Gasteiger partial charge on any atom is 0.238 e. The fraction of sp³-hybridized carbons (Fsp3) is 0.130. The number of thioether (sulfide) groups is 1. The van der Waals surface area contributed by atoms with Crippen LogP contribution in [0.5, 0.6) is 5.75 Å². The first-order valence-corrected chi connectivity index (χ1v) is 10.4. The first-order chi connectivity index (χ1) is 14.1. The molecule has 0 saturated carbocycles. The number of rotatable bonds is 3. The van der Waals surface area contributed by atoms with Crippen LogP contribution in [0, 0.1) is 6.92 Å². The molecule has 29 heavy (non-hydrogen) atoms. The molecule has 1 aliphatic heterocycles. The van der Waals surface area contributed by atoms with E-state index in [-0.39, 0.29) is 17.0 Å². The molecule has 4 aromatic rings. The zero-order valence-corrected chi connectivity index (χ0v) is 16.6. The Morgan fingerprint density at radius 3 is 2.83 bits per heavy atom. The first-order valence-electron chi connectivity index (χ1n) is 9.38. The zero-order valence-electron chi connectivity index (χ0n) is 15.8.